The standard InChI is InChI=1S/C14H31P.C5H5NO/c1-4-7-10-13-14(15,11-8-5-2)12-9-6-3;7-5-3-1-2-4-6-5/h4-13,15H2,1-3H3;1-4H,(H,6,7). The largest absolute Gasteiger partial charge is 0.493 e. The van der Waals surface area contributed by atoms with E-state index in [1.807, 2.05) is 0 Å². The second-order valence-electron chi connectivity index (χ2n) is 6.21. The maximum atomic E-state index is 8.52. The topological polar surface area (TPSA) is 33.1 Å². The molecule has 1 heterocycles. The van der Waals surface area contributed by atoms with Gasteiger partial charge in [0.05, 0.1) is 0 Å². The van der Waals surface area contributed by atoms with E-state index in [9.17, 15) is 0 Å². The fraction of sp³-hybridized carbons (Fsp3) is 0.737. The second-order valence-corrected chi connectivity index (χ2v) is 7.44. The highest BCUT2D eigenvalue weighted by Gasteiger charge is 2.22. The summed E-state index contributed by atoms with van der Waals surface area (Å²) in [5.41, 5.74) is 0. The number of aromatic hydroxyl groups is 1. The van der Waals surface area contributed by atoms with E-state index < -0.39 is 0 Å². The first-order valence-corrected chi connectivity index (χ1v) is 9.54. The van der Waals surface area contributed by atoms with Crippen LogP contribution in [0.3, 0.4) is 0 Å². The molecule has 128 valence electrons. The molecular weight excluding hydrogens is 289 g/mol. The van der Waals surface area contributed by atoms with Crippen molar-refractivity contribution in [1.29, 1.82) is 0 Å². The van der Waals surface area contributed by atoms with Crippen molar-refractivity contribution in [2.24, 2.45) is 0 Å². The summed E-state index contributed by atoms with van der Waals surface area (Å²) >= 11 is 0. The minimum atomic E-state index is 0.0718. The van der Waals surface area contributed by atoms with Gasteiger partial charge in [-0.1, -0.05) is 71.8 Å². The van der Waals surface area contributed by atoms with Crippen LogP contribution in [-0.4, -0.2) is 15.2 Å². The van der Waals surface area contributed by atoms with Gasteiger partial charge in [-0.25, -0.2) is 4.98 Å². The van der Waals surface area contributed by atoms with Crippen LogP contribution in [0.15, 0.2) is 24.4 Å². The third-order valence-electron chi connectivity index (χ3n) is 3.98. The lowest BCUT2D eigenvalue weighted by molar-refractivity contribution is 0.420. The minimum absolute atomic E-state index is 0.0718. The lowest BCUT2D eigenvalue weighted by Crippen LogP contribution is -2.20. The molecule has 3 heteroatoms. The summed E-state index contributed by atoms with van der Waals surface area (Å²) in [5.74, 6) is 0.0718. The van der Waals surface area contributed by atoms with Crippen molar-refractivity contribution in [3.05, 3.63) is 24.4 Å². The van der Waals surface area contributed by atoms with Gasteiger partial charge in [-0.3, -0.25) is 0 Å². The minimum Gasteiger partial charge on any atom is -0.493 e. The van der Waals surface area contributed by atoms with Crippen molar-refractivity contribution in [3.63, 3.8) is 0 Å². The SMILES string of the molecule is CCCCCC(P)(CCCC)CCCC.Oc1ccccn1. The van der Waals surface area contributed by atoms with Crippen molar-refractivity contribution < 1.29 is 5.11 Å². The summed E-state index contributed by atoms with van der Waals surface area (Å²) in [5, 5.41) is 9.09. The molecule has 1 N–H and O–H groups in total. The van der Waals surface area contributed by atoms with Crippen molar-refractivity contribution in [1.82, 2.24) is 4.98 Å². The zero-order valence-electron chi connectivity index (χ0n) is 14.9. The Balaban J connectivity index is 0.000000518. The maximum absolute atomic E-state index is 8.52. The van der Waals surface area contributed by atoms with E-state index >= 15 is 0 Å². The molecule has 0 aliphatic heterocycles. The molecule has 1 aromatic heterocycles. The van der Waals surface area contributed by atoms with Gasteiger partial charge in [0.25, 0.3) is 0 Å². The highest BCUT2D eigenvalue weighted by atomic mass is 31.0. The summed E-state index contributed by atoms with van der Waals surface area (Å²) in [6.07, 6.45) is 15.5. The molecule has 0 aliphatic rings. The Morgan fingerprint density at radius 1 is 0.909 bits per heavy atom. The number of unbranched alkanes of at least 4 members (excludes halogenated alkanes) is 4. The first-order chi connectivity index (χ1) is 10.6. The zero-order valence-corrected chi connectivity index (χ0v) is 16.0. The molecule has 0 aliphatic carbocycles. The van der Waals surface area contributed by atoms with E-state index in [1.54, 1.807) is 12.1 Å². The predicted molar refractivity (Wildman–Crippen MR) is 102 cm³/mol. The number of hydrogen-bond acceptors (Lipinski definition) is 2. The van der Waals surface area contributed by atoms with E-state index in [2.05, 4.69) is 35.0 Å². The van der Waals surface area contributed by atoms with Crippen molar-refractivity contribution in [2.75, 3.05) is 0 Å². The van der Waals surface area contributed by atoms with Crippen LogP contribution in [0.5, 0.6) is 5.88 Å². The molecule has 0 aromatic carbocycles. The number of hydrogen-bond donors (Lipinski definition) is 1. The Bertz CT molecular complexity index is 335. The molecular formula is C19H36NOP. The van der Waals surface area contributed by atoms with Crippen molar-refractivity contribution >= 4 is 9.24 Å². The van der Waals surface area contributed by atoms with E-state index in [-0.39, 0.29) is 5.88 Å². The lowest BCUT2D eigenvalue weighted by Gasteiger charge is -2.29. The smallest absolute Gasteiger partial charge is 0.210 e. The van der Waals surface area contributed by atoms with Crippen LogP contribution in [-0.2, 0) is 0 Å². The number of aromatic nitrogens is 1. The van der Waals surface area contributed by atoms with E-state index in [1.165, 1.54) is 76.5 Å². The van der Waals surface area contributed by atoms with Crippen LogP contribution in [0.4, 0.5) is 0 Å². The van der Waals surface area contributed by atoms with Crippen molar-refractivity contribution in [2.45, 2.75) is 90.1 Å². The molecule has 0 fully saturated rings. The molecule has 0 amide bonds. The van der Waals surface area contributed by atoms with Gasteiger partial charge in [0.15, 0.2) is 0 Å². The summed E-state index contributed by atoms with van der Waals surface area (Å²) in [6, 6.07) is 5.00. The molecule has 0 radical (unpaired) electrons. The van der Waals surface area contributed by atoms with Crippen LogP contribution in [0.25, 0.3) is 0 Å². The summed E-state index contributed by atoms with van der Waals surface area (Å²) < 4.78 is 0. The fourth-order valence-electron chi connectivity index (χ4n) is 2.51. The number of nitrogens with zero attached hydrogens (tertiary/aromatic N) is 1. The summed E-state index contributed by atoms with van der Waals surface area (Å²) in [4.78, 5) is 3.53. The van der Waals surface area contributed by atoms with Gasteiger partial charge in [-0.05, 0) is 30.5 Å². The predicted octanol–water partition coefficient (Wildman–Crippen LogP) is 6.35. The van der Waals surface area contributed by atoms with Crippen molar-refractivity contribution in [3.8, 4) is 5.88 Å². The van der Waals surface area contributed by atoms with Gasteiger partial charge in [0.1, 0.15) is 0 Å². The summed E-state index contributed by atoms with van der Waals surface area (Å²) in [6.45, 7) is 6.90. The van der Waals surface area contributed by atoms with Crippen LogP contribution >= 0.6 is 9.24 Å². The molecule has 1 unspecified atom stereocenters. The normalized spacial score (nSPS) is 10.9. The average Bonchev–Trinajstić information content (AvgIpc) is 2.53. The maximum Gasteiger partial charge on any atom is 0.210 e. The first-order valence-electron chi connectivity index (χ1n) is 8.96. The quantitative estimate of drug-likeness (QED) is 0.402. The molecule has 1 atom stereocenters. The Morgan fingerprint density at radius 3 is 1.82 bits per heavy atom. The van der Waals surface area contributed by atoms with Crippen LogP contribution in [0.2, 0.25) is 0 Å². The fourth-order valence-corrected chi connectivity index (χ4v) is 3.13. The second kappa shape index (κ2) is 14.0. The van der Waals surface area contributed by atoms with Crippen LogP contribution in [0.1, 0.15) is 85.0 Å². The Kier molecular flexibility index (Phi) is 13.6. The van der Waals surface area contributed by atoms with Gasteiger partial charge in [0, 0.05) is 12.3 Å². The van der Waals surface area contributed by atoms with Gasteiger partial charge in [0.2, 0.25) is 5.88 Å². The van der Waals surface area contributed by atoms with Gasteiger partial charge in [-0.15, -0.1) is 9.24 Å². The number of pyridine rings is 1. The molecule has 0 spiro atoms. The van der Waals surface area contributed by atoms with E-state index in [4.69, 9.17) is 5.11 Å². The Labute approximate surface area is 140 Å². The van der Waals surface area contributed by atoms with Gasteiger partial charge < -0.3 is 5.11 Å². The monoisotopic (exact) mass is 325 g/mol. The zero-order chi connectivity index (χ0) is 16.7. The Hall–Kier alpha value is -0.620. The Morgan fingerprint density at radius 2 is 1.45 bits per heavy atom. The van der Waals surface area contributed by atoms with Crippen LogP contribution in [0, 0.1) is 0 Å². The molecule has 0 saturated carbocycles. The van der Waals surface area contributed by atoms with Gasteiger partial charge in [-0.2, -0.15) is 0 Å². The van der Waals surface area contributed by atoms with E-state index in [0.717, 1.165) is 0 Å². The molecule has 0 saturated heterocycles. The average molecular weight is 325 g/mol. The molecule has 22 heavy (non-hydrogen) atoms. The highest BCUT2D eigenvalue weighted by molar-refractivity contribution is 7.19. The molecule has 1 rings (SSSR count). The van der Waals surface area contributed by atoms with Gasteiger partial charge >= 0.3 is 0 Å². The lowest BCUT2D eigenvalue weighted by atomic mass is 9.89. The molecule has 0 bridgehead atoms. The highest BCUT2D eigenvalue weighted by Crippen LogP contribution is 2.36. The number of rotatable bonds is 10. The van der Waals surface area contributed by atoms with Crippen LogP contribution < -0.4 is 0 Å². The molecule has 1 aromatic rings. The molecule has 2 nitrogen and oxygen atoms in total. The third-order valence-corrected chi connectivity index (χ3v) is 4.85. The first kappa shape index (κ1) is 21.4. The third kappa shape index (κ3) is 12.0. The summed E-state index contributed by atoms with van der Waals surface area (Å²) in [7, 11) is 3.19. The van der Waals surface area contributed by atoms with E-state index in [0.29, 0.717) is 5.16 Å².